The van der Waals surface area contributed by atoms with E-state index in [2.05, 4.69) is 25.3 Å². The number of aromatic amines is 1. The van der Waals surface area contributed by atoms with E-state index in [4.69, 9.17) is 5.73 Å². The van der Waals surface area contributed by atoms with E-state index in [9.17, 15) is 9.59 Å². The van der Waals surface area contributed by atoms with Gasteiger partial charge >= 0.3 is 0 Å². The molecule has 5 aromatic rings. The average molecular weight is 463 g/mol. The van der Waals surface area contributed by atoms with Gasteiger partial charge in [0.2, 0.25) is 0 Å². The summed E-state index contributed by atoms with van der Waals surface area (Å²) in [5.74, 6) is 0.887. The quantitative estimate of drug-likeness (QED) is 0.297. The Bertz CT molecular complexity index is 1510. The van der Waals surface area contributed by atoms with Gasteiger partial charge in [0.1, 0.15) is 18.0 Å². The molecule has 0 atom stereocenters. The first-order chi connectivity index (χ1) is 17.1. The molecule has 0 aliphatic heterocycles. The summed E-state index contributed by atoms with van der Waals surface area (Å²) in [6.07, 6.45) is 5.17. The van der Waals surface area contributed by atoms with Gasteiger partial charge in [-0.2, -0.15) is 0 Å². The Balaban J connectivity index is 1.28. The standard InChI is InChI=1S/C27H22N6O2/c28-25(35)21-5-2-6-22-24(21)32-16-33-27(22)31-15-18-4-1-3-17(13-18)14-23(34)19-7-9-20(10-8-19)26-29-11-12-30-26/h1-13,16H,14-15H2,(H2,28,35)(H,29,30)(H,31,32,33). The van der Waals surface area contributed by atoms with Crippen molar-refractivity contribution in [1.29, 1.82) is 0 Å². The number of nitrogens with zero attached hydrogens (tertiary/aromatic N) is 3. The lowest BCUT2D eigenvalue weighted by Crippen LogP contribution is -2.12. The first kappa shape index (κ1) is 22.0. The van der Waals surface area contributed by atoms with Crippen LogP contribution in [0.5, 0.6) is 0 Å². The van der Waals surface area contributed by atoms with Gasteiger partial charge in [0.05, 0.1) is 11.1 Å². The second-order valence-corrected chi connectivity index (χ2v) is 8.08. The number of hydrogen-bond acceptors (Lipinski definition) is 6. The first-order valence-corrected chi connectivity index (χ1v) is 11.1. The van der Waals surface area contributed by atoms with Crippen molar-refractivity contribution < 1.29 is 9.59 Å². The molecule has 0 bridgehead atoms. The number of fused-ring (bicyclic) bond motifs is 1. The smallest absolute Gasteiger partial charge is 0.250 e. The van der Waals surface area contributed by atoms with Crippen LogP contribution < -0.4 is 11.1 Å². The van der Waals surface area contributed by atoms with Crippen LogP contribution in [0.4, 0.5) is 5.82 Å². The topological polar surface area (TPSA) is 127 Å². The van der Waals surface area contributed by atoms with Gasteiger partial charge in [-0.25, -0.2) is 15.0 Å². The van der Waals surface area contributed by atoms with Crippen molar-refractivity contribution in [3.8, 4) is 11.4 Å². The summed E-state index contributed by atoms with van der Waals surface area (Å²) >= 11 is 0. The number of imidazole rings is 1. The first-order valence-electron chi connectivity index (χ1n) is 11.1. The number of H-pyrrole nitrogens is 1. The maximum atomic E-state index is 12.8. The predicted octanol–water partition coefficient (Wildman–Crippen LogP) is 4.16. The van der Waals surface area contributed by atoms with E-state index < -0.39 is 5.91 Å². The van der Waals surface area contributed by atoms with Crippen molar-refractivity contribution in [2.24, 2.45) is 5.73 Å². The molecule has 2 aromatic heterocycles. The number of aromatic nitrogens is 4. The fourth-order valence-electron chi connectivity index (χ4n) is 3.99. The number of rotatable bonds is 8. The van der Waals surface area contributed by atoms with Gasteiger partial charge in [0.25, 0.3) is 5.91 Å². The molecule has 3 aromatic carbocycles. The monoisotopic (exact) mass is 462 g/mol. The molecule has 2 heterocycles. The number of carbonyl (C=O) groups excluding carboxylic acids is 2. The summed E-state index contributed by atoms with van der Waals surface area (Å²) in [6.45, 7) is 0.493. The molecule has 8 nitrogen and oxygen atoms in total. The minimum Gasteiger partial charge on any atom is -0.366 e. The summed E-state index contributed by atoms with van der Waals surface area (Å²) in [6, 6.07) is 20.5. The molecule has 1 amide bonds. The molecule has 0 aliphatic rings. The molecule has 0 saturated carbocycles. The molecule has 8 heteroatoms. The summed E-state index contributed by atoms with van der Waals surface area (Å²) in [4.78, 5) is 40.4. The van der Waals surface area contributed by atoms with Crippen LogP contribution in [0.25, 0.3) is 22.3 Å². The fraction of sp³-hybridized carbons (Fsp3) is 0.0741. The van der Waals surface area contributed by atoms with Crippen molar-refractivity contribution in [3.05, 3.63) is 108 Å². The van der Waals surface area contributed by atoms with Gasteiger partial charge < -0.3 is 16.0 Å². The zero-order valence-electron chi connectivity index (χ0n) is 18.7. The van der Waals surface area contributed by atoms with Crippen LogP contribution in [0, 0.1) is 0 Å². The van der Waals surface area contributed by atoms with E-state index in [1.165, 1.54) is 6.33 Å². The van der Waals surface area contributed by atoms with Crippen molar-refractivity contribution in [3.63, 3.8) is 0 Å². The lowest BCUT2D eigenvalue weighted by molar-refractivity contribution is 0.0988. The van der Waals surface area contributed by atoms with Crippen LogP contribution in [0.2, 0.25) is 0 Å². The molecule has 0 aliphatic carbocycles. The number of Topliss-reactive ketones (excluding diaryl/α,β-unsaturated/α-hetero) is 1. The van der Waals surface area contributed by atoms with Crippen molar-refractivity contribution >= 4 is 28.4 Å². The van der Waals surface area contributed by atoms with E-state index >= 15 is 0 Å². The molecule has 172 valence electrons. The minimum absolute atomic E-state index is 0.0434. The van der Waals surface area contributed by atoms with E-state index in [1.807, 2.05) is 54.6 Å². The van der Waals surface area contributed by atoms with Gasteiger partial charge in [0, 0.05) is 41.9 Å². The van der Waals surface area contributed by atoms with Crippen molar-refractivity contribution in [2.45, 2.75) is 13.0 Å². The largest absolute Gasteiger partial charge is 0.366 e. The number of ketones is 1. The third-order valence-electron chi connectivity index (χ3n) is 5.72. The fourth-order valence-corrected chi connectivity index (χ4v) is 3.99. The van der Waals surface area contributed by atoms with Crippen LogP contribution in [-0.4, -0.2) is 31.6 Å². The molecule has 0 unspecified atom stereocenters. The number of hydrogen-bond donors (Lipinski definition) is 3. The SMILES string of the molecule is NC(=O)c1cccc2c(NCc3cccc(CC(=O)c4ccc(-c5ncc[nH]5)cc4)c3)ncnc12. The second kappa shape index (κ2) is 9.56. The van der Waals surface area contributed by atoms with Gasteiger partial charge in [0.15, 0.2) is 5.78 Å². The summed E-state index contributed by atoms with van der Waals surface area (Å²) in [5.41, 5.74) is 9.84. The molecule has 35 heavy (non-hydrogen) atoms. The van der Waals surface area contributed by atoms with Gasteiger partial charge in [-0.3, -0.25) is 9.59 Å². The third-order valence-corrected chi connectivity index (χ3v) is 5.72. The van der Waals surface area contributed by atoms with Crippen LogP contribution in [0.1, 0.15) is 31.8 Å². The zero-order valence-corrected chi connectivity index (χ0v) is 18.7. The number of nitrogens with two attached hydrogens (primary N) is 1. The number of anilines is 1. The highest BCUT2D eigenvalue weighted by molar-refractivity contribution is 6.06. The Morgan fingerprint density at radius 3 is 2.49 bits per heavy atom. The molecule has 4 N–H and O–H groups in total. The predicted molar refractivity (Wildman–Crippen MR) is 134 cm³/mol. The molecule has 0 saturated heterocycles. The molecular formula is C27H22N6O2. The molecule has 5 rings (SSSR count). The second-order valence-electron chi connectivity index (χ2n) is 8.08. The number of benzene rings is 3. The summed E-state index contributed by atoms with van der Waals surface area (Å²) in [7, 11) is 0. The number of primary amides is 1. The number of amides is 1. The maximum absolute atomic E-state index is 12.8. The van der Waals surface area contributed by atoms with Crippen LogP contribution in [0.3, 0.4) is 0 Å². The zero-order chi connectivity index (χ0) is 24.2. The van der Waals surface area contributed by atoms with E-state index in [-0.39, 0.29) is 5.78 Å². The molecule has 0 spiro atoms. The summed E-state index contributed by atoms with van der Waals surface area (Å²) < 4.78 is 0. The Morgan fingerprint density at radius 1 is 0.914 bits per heavy atom. The van der Waals surface area contributed by atoms with Crippen LogP contribution in [0.15, 0.2) is 85.5 Å². The highest BCUT2D eigenvalue weighted by Gasteiger charge is 2.12. The highest BCUT2D eigenvalue weighted by Crippen LogP contribution is 2.23. The normalized spacial score (nSPS) is 10.9. The van der Waals surface area contributed by atoms with Crippen LogP contribution >= 0.6 is 0 Å². The van der Waals surface area contributed by atoms with Crippen molar-refractivity contribution in [1.82, 2.24) is 19.9 Å². The average Bonchev–Trinajstić information content (AvgIpc) is 3.42. The van der Waals surface area contributed by atoms with Crippen molar-refractivity contribution in [2.75, 3.05) is 5.32 Å². The van der Waals surface area contributed by atoms with Gasteiger partial charge in [-0.1, -0.05) is 54.6 Å². The highest BCUT2D eigenvalue weighted by atomic mass is 16.1. The van der Waals surface area contributed by atoms with E-state index in [0.717, 1.165) is 22.5 Å². The van der Waals surface area contributed by atoms with Gasteiger partial charge in [-0.15, -0.1) is 0 Å². The lowest BCUT2D eigenvalue weighted by atomic mass is 10.0. The Hall–Kier alpha value is -4.85. The Kier molecular flexibility index (Phi) is 6.00. The molecular weight excluding hydrogens is 440 g/mol. The number of carbonyl (C=O) groups is 2. The number of para-hydroxylation sites is 1. The Labute approximate surface area is 201 Å². The Morgan fingerprint density at radius 2 is 1.71 bits per heavy atom. The van der Waals surface area contributed by atoms with Crippen LogP contribution in [-0.2, 0) is 13.0 Å². The minimum atomic E-state index is -0.534. The maximum Gasteiger partial charge on any atom is 0.250 e. The number of nitrogens with one attached hydrogen (secondary N) is 2. The van der Waals surface area contributed by atoms with Gasteiger partial charge in [-0.05, 0) is 23.3 Å². The van der Waals surface area contributed by atoms with E-state index in [0.29, 0.717) is 40.8 Å². The molecule has 0 fully saturated rings. The summed E-state index contributed by atoms with van der Waals surface area (Å²) in [5, 5.41) is 4.02. The lowest BCUT2D eigenvalue weighted by Gasteiger charge is -2.11. The molecule has 0 radical (unpaired) electrons. The van der Waals surface area contributed by atoms with E-state index in [1.54, 1.807) is 24.5 Å². The third kappa shape index (κ3) is 4.77.